The normalized spacial score (nSPS) is 18.1. The number of fused-ring (bicyclic) bond motifs is 3. The molecule has 122 valence electrons. The van der Waals surface area contributed by atoms with E-state index < -0.39 is 0 Å². The Morgan fingerprint density at radius 1 is 1.17 bits per heavy atom. The summed E-state index contributed by atoms with van der Waals surface area (Å²) in [6.45, 7) is 2.80. The van der Waals surface area contributed by atoms with Gasteiger partial charge in [0.25, 0.3) is 0 Å². The predicted octanol–water partition coefficient (Wildman–Crippen LogP) is 3.79. The van der Waals surface area contributed by atoms with Crippen molar-refractivity contribution in [2.75, 3.05) is 0 Å². The third kappa shape index (κ3) is 2.83. The van der Waals surface area contributed by atoms with Crippen molar-refractivity contribution in [2.24, 2.45) is 0 Å². The molecular weight excluding hydrogens is 316 g/mol. The van der Waals surface area contributed by atoms with Gasteiger partial charge in [0, 0.05) is 16.1 Å². The molecule has 0 radical (unpaired) electrons. The van der Waals surface area contributed by atoms with E-state index in [9.17, 15) is 4.79 Å². The van der Waals surface area contributed by atoms with E-state index >= 15 is 0 Å². The molecule has 1 amide bonds. The fraction of sp³-hybridized carbons (Fsp3) is 0.250. The van der Waals surface area contributed by atoms with Crippen molar-refractivity contribution >= 4 is 27.3 Å². The van der Waals surface area contributed by atoms with Crippen molar-refractivity contribution in [3.63, 3.8) is 0 Å². The van der Waals surface area contributed by atoms with Crippen LogP contribution in [0.1, 0.15) is 29.0 Å². The van der Waals surface area contributed by atoms with Crippen molar-refractivity contribution in [3.05, 3.63) is 70.6 Å². The van der Waals surface area contributed by atoms with E-state index in [2.05, 4.69) is 34.9 Å². The first-order valence-corrected chi connectivity index (χ1v) is 9.12. The minimum atomic E-state index is -0.165. The first-order valence-electron chi connectivity index (χ1n) is 8.30. The highest BCUT2D eigenvalue weighted by atomic mass is 32.1. The van der Waals surface area contributed by atoms with Gasteiger partial charge in [0.1, 0.15) is 0 Å². The van der Waals surface area contributed by atoms with Crippen LogP contribution in [0, 0.1) is 0 Å². The van der Waals surface area contributed by atoms with Crippen molar-refractivity contribution in [3.8, 4) is 0 Å². The molecule has 0 fully saturated rings. The highest BCUT2D eigenvalue weighted by Crippen LogP contribution is 2.34. The second-order valence-electron chi connectivity index (χ2n) is 6.28. The Morgan fingerprint density at radius 2 is 1.92 bits per heavy atom. The zero-order chi connectivity index (χ0) is 16.5. The van der Waals surface area contributed by atoms with Crippen LogP contribution in [0.25, 0.3) is 10.1 Å². The summed E-state index contributed by atoms with van der Waals surface area (Å²) in [4.78, 5) is 14.0. The molecule has 1 aliphatic heterocycles. The molecule has 0 aliphatic carbocycles. The summed E-state index contributed by atoms with van der Waals surface area (Å²) in [6, 6.07) is 18.4. The molecule has 4 rings (SSSR count). The van der Waals surface area contributed by atoms with Crippen molar-refractivity contribution in [1.82, 2.24) is 10.6 Å². The lowest BCUT2D eigenvalue weighted by atomic mass is 9.98. The fourth-order valence-corrected chi connectivity index (χ4v) is 4.52. The molecule has 0 saturated heterocycles. The van der Waals surface area contributed by atoms with Crippen molar-refractivity contribution < 1.29 is 4.79 Å². The molecule has 2 aromatic carbocycles. The van der Waals surface area contributed by atoms with Crippen LogP contribution >= 0.6 is 11.3 Å². The lowest BCUT2D eigenvalue weighted by molar-refractivity contribution is -0.124. The molecular formula is C20H20N2OS. The molecule has 0 saturated carbocycles. The van der Waals surface area contributed by atoms with Crippen LogP contribution in [0.4, 0.5) is 0 Å². The van der Waals surface area contributed by atoms with Gasteiger partial charge in [-0.3, -0.25) is 4.79 Å². The average Bonchev–Trinajstić information content (AvgIpc) is 3.00. The Morgan fingerprint density at radius 3 is 2.75 bits per heavy atom. The fourth-order valence-electron chi connectivity index (χ4n) is 3.33. The SMILES string of the molecule is C[C@@H](NC(=O)[C@H]1Cc2c(sc3ccccc23)CN1)c1ccccc1. The number of carbonyl (C=O) groups excluding carboxylic acids is 1. The lowest BCUT2D eigenvalue weighted by Gasteiger charge is -2.25. The zero-order valence-corrected chi connectivity index (χ0v) is 14.4. The third-order valence-electron chi connectivity index (χ3n) is 4.67. The Kier molecular flexibility index (Phi) is 4.08. The largest absolute Gasteiger partial charge is 0.348 e. The van der Waals surface area contributed by atoms with Gasteiger partial charge in [0.2, 0.25) is 5.91 Å². The molecule has 2 N–H and O–H groups in total. The molecule has 0 unspecified atom stereocenters. The molecule has 3 nitrogen and oxygen atoms in total. The number of benzene rings is 2. The Hall–Kier alpha value is -2.17. The molecule has 2 heterocycles. The Balaban J connectivity index is 1.51. The second-order valence-corrected chi connectivity index (χ2v) is 7.42. The van der Waals surface area contributed by atoms with E-state index in [4.69, 9.17) is 0 Å². The Bertz CT molecular complexity index is 872. The maximum Gasteiger partial charge on any atom is 0.237 e. The van der Waals surface area contributed by atoms with E-state index in [0.29, 0.717) is 0 Å². The van der Waals surface area contributed by atoms with Crippen LogP contribution in [0.3, 0.4) is 0 Å². The number of amides is 1. The van der Waals surface area contributed by atoms with Crippen LogP contribution in [-0.2, 0) is 17.8 Å². The van der Waals surface area contributed by atoms with Gasteiger partial charge < -0.3 is 10.6 Å². The predicted molar refractivity (Wildman–Crippen MR) is 99.2 cm³/mol. The van der Waals surface area contributed by atoms with Crippen LogP contribution in [0.2, 0.25) is 0 Å². The van der Waals surface area contributed by atoms with Crippen LogP contribution in [-0.4, -0.2) is 11.9 Å². The lowest BCUT2D eigenvalue weighted by Crippen LogP contribution is -2.47. The first kappa shape index (κ1) is 15.4. The molecule has 3 aromatic rings. The van der Waals surface area contributed by atoms with Gasteiger partial charge in [0.05, 0.1) is 12.1 Å². The molecule has 1 aromatic heterocycles. The maximum atomic E-state index is 12.7. The van der Waals surface area contributed by atoms with Gasteiger partial charge in [0.15, 0.2) is 0 Å². The minimum Gasteiger partial charge on any atom is -0.348 e. The van der Waals surface area contributed by atoms with Gasteiger partial charge >= 0.3 is 0 Å². The highest BCUT2D eigenvalue weighted by molar-refractivity contribution is 7.19. The van der Waals surface area contributed by atoms with Gasteiger partial charge in [-0.15, -0.1) is 11.3 Å². The summed E-state index contributed by atoms with van der Waals surface area (Å²) in [5, 5.41) is 7.83. The highest BCUT2D eigenvalue weighted by Gasteiger charge is 2.27. The molecule has 4 heteroatoms. The third-order valence-corrected chi connectivity index (χ3v) is 5.89. The standard InChI is InChI=1S/C20H20N2OS/c1-13(14-7-3-2-4-8-14)22-20(23)17-11-16-15-9-5-6-10-18(15)24-19(16)12-21-17/h2-10,13,17,21H,11-12H2,1H3,(H,22,23)/t13-,17-/m1/s1. The minimum absolute atomic E-state index is 0.0149. The van der Waals surface area contributed by atoms with E-state index in [-0.39, 0.29) is 18.0 Å². The van der Waals surface area contributed by atoms with E-state index in [1.165, 1.54) is 20.5 Å². The van der Waals surface area contributed by atoms with Crippen LogP contribution in [0.5, 0.6) is 0 Å². The monoisotopic (exact) mass is 336 g/mol. The van der Waals surface area contributed by atoms with E-state index in [0.717, 1.165) is 18.5 Å². The summed E-state index contributed by atoms with van der Waals surface area (Å²) in [6.07, 6.45) is 0.757. The summed E-state index contributed by atoms with van der Waals surface area (Å²) in [7, 11) is 0. The quantitative estimate of drug-likeness (QED) is 0.764. The number of rotatable bonds is 3. The van der Waals surface area contributed by atoms with Gasteiger partial charge in [-0.05, 0) is 35.9 Å². The zero-order valence-electron chi connectivity index (χ0n) is 13.6. The van der Waals surface area contributed by atoms with Gasteiger partial charge in [-0.2, -0.15) is 0 Å². The molecule has 2 atom stereocenters. The van der Waals surface area contributed by atoms with Crippen molar-refractivity contribution in [1.29, 1.82) is 0 Å². The summed E-state index contributed by atoms with van der Waals surface area (Å²) in [5.41, 5.74) is 2.46. The van der Waals surface area contributed by atoms with Crippen molar-refractivity contribution in [2.45, 2.75) is 32.0 Å². The summed E-state index contributed by atoms with van der Waals surface area (Å²) < 4.78 is 1.31. The number of thiophene rings is 1. The topological polar surface area (TPSA) is 41.1 Å². The van der Waals surface area contributed by atoms with E-state index in [1.54, 1.807) is 0 Å². The van der Waals surface area contributed by atoms with Crippen LogP contribution < -0.4 is 10.6 Å². The summed E-state index contributed by atoms with van der Waals surface area (Å²) >= 11 is 1.83. The van der Waals surface area contributed by atoms with Crippen LogP contribution in [0.15, 0.2) is 54.6 Å². The van der Waals surface area contributed by atoms with Gasteiger partial charge in [-0.25, -0.2) is 0 Å². The maximum absolute atomic E-state index is 12.7. The number of hydrogen-bond donors (Lipinski definition) is 2. The summed E-state index contributed by atoms with van der Waals surface area (Å²) in [5.74, 6) is 0.0762. The second kappa shape index (κ2) is 6.38. The van der Waals surface area contributed by atoms with Gasteiger partial charge in [-0.1, -0.05) is 48.5 Å². The smallest absolute Gasteiger partial charge is 0.237 e. The molecule has 0 bridgehead atoms. The van der Waals surface area contributed by atoms with E-state index in [1.807, 2.05) is 48.6 Å². The Labute approximate surface area is 145 Å². The molecule has 24 heavy (non-hydrogen) atoms. The number of nitrogens with one attached hydrogen (secondary N) is 2. The molecule has 1 aliphatic rings. The molecule has 0 spiro atoms. The first-order chi connectivity index (χ1) is 11.7. The average molecular weight is 336 g/mol. The number of carbonyl (C=O) groups is 1. The number of hydrogen-bond acceptors (Lipinski definition) is 3.